The number of hydrogen-bond donors (Lipinski definition) is 1. The van der Waals surface area contributed by atoms with E-state index in [4.69, 9.17) is 21.3 Å². The SMILES string of the molecule is Cc1cc2nc(-c3ccnc(-n4ccc5cnccc5c4=O)c3)sc2c(-c2ccc(Cl)cc2)c1C(OC(C)(C)C)C(=O)O. The average Bonchev–Trinajstić information content (AvgIpc) is 3.39. The zero-order valence-electron chi connectivity index (χ0n) is 23.8. The fourth-order valence-corrected chi connectivity index (χ4v) is 6.36. The number of carbonyl (C=O) groups is 1. The number of aryl methyl sites for hydroxylation is 1. The van der Waals surface area contributed by atoms with E-state index in [0.29, 0.717) is 26.8 Å². The van der Waals surface area contributed by atoms with Gasteiger partial charge in [0, 0.05) is 51.9 Å². The van der Waals surface area contributed by atoms with Gasteiger partial charge in [0.15, 0.2) is 6.10 Å². The van der Waals surface area contributed by atoms with Gasteiger partial charge in [0.1, 0.15) is 10.8 Å². The van der Waals surface area contributed by atoms with Crippen molar-refractivity contribution >= 4 is 49.9 Å². The summed E-state index contributed by atoms with van der Waals surface area (Å²) in [6.07, 6.45) is 5.38. The van der Waals surface area contributed by atoms with Gasteiger partial charge in [-0.15, -0.1) is 11.3 Å². The molecular formula is C33H27ClN4O4S. The second-order valence-corrected chi connectivity index (χ2v) is 12.6. The number of nitrogens with zero attached hydrogens (tertiary/aromatic N) is 4. The highest BCUT2D eigenvalue weighted by Crippen LogP contribution is 2.44. The van der Waals surface area contributed by atoms with Crippen molar-refractivity contribution in [2.45, 2.75) is 39.4 Å². The van der Waals surface area contributed by atoms with Gasteiger partial charge in [0.25, 0.3) is 5.56 Å². The summed E-state index contributed by atoms with van der Waals surface area (Å²) in [5, 5.41) is 12.9. The predicted molar refractivity (Wildman–Crippen MR) is 170 cm³/mol. The molecule has 0 bridgehead atoms. The van der Waals surface area contributed by atoms with E-state index in [0.717, 1.165) is 37.9 Å². The van der Waals surface area contributed by atoms with Crippen LogP contribution in [0.4, 0.5) is 0 Å². The van der Waals surface area contributed by atoms with E-state index in [1.54, 1.807) is 43.0 Å². The molecule has 4 aromatic heterocycles. The summed E-state index contributed by atoms with van der Waals surface area (Å²) < 4.78 is 8.43. The summed E-state index contributed by atoms with van der Waals surface area (Å²) in [7, 11) is 0. The Labute approximate surface area is 256 Å². The molecule has 0 amide bonds. The molecule has 0 aliphatic heterocycles. The zero-order chi connectivity index (χ0) is 30.5. The van der Waals surface area contributed by atoms with Crippen molar-refractivity contribution in [1.29, 1.82) is 0 Å². The van der Waals surface area contributed by atoms with Crippen molar-refractivity contribution in [2.24, 2.45) is 0 Å². The molecule has 2 aromatic carbocycles. The standard InChI is InChI=1S/C33H27ClN4O4S/c1-18-15-24-29(27(19-5-7-22(34)8-6-19)26(18)28(32(40)41)42-33(2,3)4)43-30(37-24)20-9-13-36-25(16-20)38-14-11-21-17-35-12-10-23(21)31(38)39/h5-17,28H,1-4H3,(H,40,41). The third-order valence-corrected chi connectivity index (χ3v) is 8.35. The number of fused-ring (bicyclic) bond motifs is 2. The number of carboxylic acids is 1. The fourth-order valence-electron chi connectivity index (χ4n) is 5.11. The van der Waals surface area contributed by atoms with Crippen molar-refractivity contribution in [3.8, 4) is 27.5 Å². The van der Waals surface area contributed by atoms with Gasteiger partial charge in [0.2, 0.25) is 0 Å². The molecule has 4 heterocycles. The fraction of sp³-hybridized carbons (Fsp3) is 0.182. The Morgan fingerprint density at radius 1 is 1.05 bits per heavy atom. The van der Waals surface area contributed by atoms with E-state index >= 15 is 0 Å². The topological polar surface area (TPSA) is 107 Å². The van der Waals surface area contributed by atoms with Crippen LogP contribution in [0.1, 0.15) is 38.0 Å². The quantitative estimate of drug-likeness (QED) is 0.207. The Bertz CT molecular complexity index is 2080. The molecule has 216 valence electrons. The lowest BCUT2D eigenvalue weighted by Crippen LogP contribution is -2.28. The summed E-state index contributed by atoms with van der Waals surface area (Å²) >= 11 is 7.66. The molecule has 10 heteroatoms. The van der Waals surface area contributed by atoms with Gasteiger partial charge in [-0.2, -0.15) is 0 Å². The number of hydrogen-bond acceptors (Lipinski definition) is 7. The van der Waals surface area contributed by atoms with Gasteiger partial charge in [-0.1, -0.05) is 23.7 Å². The molecule has 0 spiro atoms. The Morgan fingerprint density at radius 3 is 2.53 bits per heavy atom. The monoisotopic (exact) mass is 610 g/mol. The van der Waals surface area contributed by atoms with Crippen LogP contribution in [0.15, 0.2) is 84.2 Å². The van der Waals surface area contributed by atoms with Crippen LogP contribution in [0.2, 0.25) is 5.02 Å². The zero-order valence-corrected chi connectivity index (χ0v) is 25.4. The highest BCUT2D eigenvalue weighted by molar-refractivity contribution is 7.22. The number of carboxylic acid groups (broad SMARTS) is 1. The van der Waals surface area contributed by atoms with Crippen LogP contribution < -0.4 is 5.56 Å². The van der Waals surface area contributed by atoms with Gasteiger partial charge < -0.3 is 9.84 Å². The minimum atomic E-state index is -1.21. The van der Waals surface area contributed by atoms with Gasteiger partial charge >= 0.3 is 5.97 Å². The van der Waals surface area contributed by atoms with Crippen LogP contribution in [-0.4, -0.2) is 36.2 Å². The molecule has 0 aliphatic carbocycles. The van der Waals surface area contributed by atoms with Crippen LogP contribution in [-0.2, 0) is 9.53 Å². The largest absolute Gasteiger partial charge is 0.479 e. The van der Waals surface area contributed by atoms with Crippen LogP contribution in [0.25, 0.3) is 48.5 Å². The van der Waals surface area contributed by atoms with Crippen molar-refractivity contribution < 1.29 is 14.6 Å². The third-order valence-electron chi connectivity index (χ3n) is 6.96. The van der Waals surface area contributed by atoms with E-state index in [2.05, 4.69) is 9.97 Å². The maximum Gasteiger partial charge on any atom is 0.337 e. The van der Waals surface area contributed by atoms with E-state index < -0.39 is 17.7 Å². The lowest BCUT2D eigenvalue weighted by molar-refractivity contribution is -0.160. The van der Waals surface area contributed by atoms with E-state index in [9.17, 15) is 14.7 Å². The molecule has 0 aliphatic rings. The van der Waals surface area contributed by atoms with E-state index in [-0.39, 0.29) is 5.56 Å². The first-order valence-electron chi connectivity index (χ1n) is 13.5. The maximum absolute atomic E-state index is 13.2. The highest BCUT2D eigenvalue weighted by Gasteiger charge is 2.32. The number of ether oxygens (including phenoxy) is 1. The van der Waals surface area contributed by atoms with Crippen molar-refractivity contribution in [1.82, 2.24) is 19.5 Å². The van der Waals surface area contributed by atoms with Crippen LogP contribution in [0.3, 0.4) is 0 Å². The number of rotatable bonds is 6. The minimum Gasteiger partial charge on any atom is -0.479 e. The van der Waals surface area contributed by atoms with Crippen LogP contribution >= 0.6 is 22.9 Å². The van der Waals surface area contributed by atoms with Crippen molar-refractivity contribution in [2.75, 3.05) is 0 Å². The first-order chi connectivity index (χ1) is 20.5. The Hall–Kier alpha value is -4.44. The van der Waals surface area contributed by atoms with Gasteiger partial charge in [0.05, 0.1) is 21.2 Å². The first-order valence-corrected chi connectivity index (χ1v) is 14.7. The third kappa shape index (κ3) is 5.54. The number of thiazole rings is 1. The molecule has 0 saturated carbocycles. The minimum absolute atomic E-state index is 0.197. The summed E-state index contributed by atoms with van der Waals surface area (Å²) in [6.45, 7) is 7.38. The molecule has 0 fully saturated rings. The molecule has 43 heavy (non-hydrogen) atoms. The normalized spacial score (nSPS) is 12.6. The number of benzene rings is 2. The molecule has 0 radical (unpaired) electrons. The van der Waals surface area contributed by atoms with Gasteiger partial charge in [-0.25, -0.2) is 14.8 Å². The number of pyridine rings is 3. The van der Waals surface area contributed by atoms with Gasteiger partial charge in [-0.05, 0) is 81.3 Å². The molecule has 1 N–H and O–H groups in total. The Balaban J connectivity index is 1.55. The van der Waals surface area contributed by atoms with Crippen molar-refractivity contribution in [3.05, 3.63) is 106 Å². The second-order valence-electron chi connectivity index (χ2n) is 11.2. The summed E-state index contributed by atoms with van der Waals surface area (Å²) in [6, 6.07) is 16.4. The lowest BCUT2D eigenvalue weighted by atomic mass is 9.91. The Kier molecular flexibility index (Phi) is 7.33. The van der Waals surface area contributed by atoms with Gasteiger partial charge in [-0.3, -0.25) is 14.3 Å². The number of aromatic nitrogens is 4. The van der Waals surface area contributed by atoms with Crippen LogP contribution in [0.5, 0.6) is 0 Å². The maximum atomic E-state index is 13.2. The molecule has 0 saturated heterocycles. The van der Waals surface area contributed by atoms with E-state index in [1.165, 1.54) is 15.9 Å². The molecule has 6 rings (SSSR count). The molecule has 1 atom stereocenters. The number of aliphatic carboxylic acids is 1. The predicted octanol–water partition coefficient (Wildman–Crippen LogP) is 7.63. The Morgan fingerprint density at radius 2 is 1.81 bits per heavy atom. The first kappa shape index (κ1) is 28.7. The lowest BCUT2D eigenvalue weighted by Gasteiger charge is -2.28. The summed E-state index contributed by atoms with van der Waals surface area (Å²) in [4.78, 5) is 39.4. The summed E-state index contributed by atoms with van der Waals surface area (Å²) in [5.41, 5.74) is 3.46. The average molecular weight is 611 g/mol. The van der Waals surface area contributed by atoms with Crippen LogP contribution in [0, 0.1) is 6.92 Å². The molecule has 6 aromatic rings. The smallest absolute Gasteiger partial charge is 0.337 e. The second kappa shape index (κ2) is 11.0. The molecule has 1 unspecified atom stereocenters. The van der Waals surface area contributed by atoms with Crippen molar-refractivity contribution in [3.63, 3.8) is 0 Å². The molecule has 8 nitrogen and oxygen atoms in total. The van der Waals surface area contributed by atoms with E-state index in [1.807, 2.05) is 64.1 Å². The number of halogens is 1. The summed E-state index contributed by atoms with van der Waals surface area (Å²) in [5.74, 6) is -0.618. The molecular weight excluding hydrogens is 584 g/mol. The highest BCUT2D eigenvalue weighted by atomic mass is 35.5.